The Morgan fingerprint density at radius 2 is 2.33 bits per heavy atom. The Balaban J connectivity index is 2.37. The van der Waals surface area contributed by atoms with Gasteiger partial charge < -0.3 is 9.47 Å². The highest BCUT2D eigenvalue weighted by molar-refractivity contribution is 6.30. The summed E-state index contributed by atoms with van der Waals surface area (Å²) < 4.78 is 10.7. The van der Waals surface area contributed by atoms with Crippen molar-refractivity contribution in [3.8, 4) is 5.75 Å². The SMILES string of the molecule is COc1ccc(Cl)cc1C(NN)C1=COCCC1. The maximum atomic E-state index is 6.04. The van der Waals surface area contributed by atoms with Crippen molar-refractivity contribution < 1.29 is 9.47 Å². The van der Waals surface area contributed by atoms with Gasteiger partial charge in [-0.2, -0.15) is 0 Å². The van der Waals surface area contributed by atoms with Gasteiger partial charge in [0.05, 0.1) is 26.0 Å². The van der Waals surface area contributed by atoms with E-state index in [2.05, 4.69) is 5.43 Å². The van der Waals surface area contributed by atoms with E-state index in [1.807, 2.05) is 12.1 Å². The summed E-state index contributed by atoms with van der Waals surface area (Å²) in [5.41, 5.74) is 4.82. The Morgan fingerprint density at radius 3 is 2.94 bits per heavy atom. The number of ether oxygens (including phenoxy) is 2. The van der Waals surface area contributed by atoms with Crippen LogP contribution in [0.3, 0.4) is 0 Å². The standard InChI is InChI=1S/C13H17ClN2O2/c1-17-12-5-4-10(14)7-11(12)13(16-15)9-3-2-6-18-8-9/h4-5,7-8,13,16H,2-3,6,15H2,1H3. The van der Waals surface area contributed by atoms with E-state index in [-0.39, 0.29) is 6.04 Å². The first-order chi connectivity index (χ1) is 8.76. The number of benzene rings is 1. The first-order valence-electron chi connectivity index (χ1n) is 5.86. The molecule has 0 amide bonds. The van der Waals surface area contributed by atoms with Gasteiger partial charge in [-0.25, -0.2) is 5.43 Å². The molecule has 98 valence electrons. The lowest BCUT2D eigenvalue weighted by Gasteiger charge is -2.24. The minimum Gasteiger partial charge on any atom is -0.501 e. The zero-order valence-corrected chi connectivity index (χ0v) is 11.0. The molecule has 1 aliphatic rings. The molecule has 3 N–H and O–H groups in total. The molecule has 1 atom stereocenters. The van der Waals surface area contributed by atoms with Gasteiger partial charge in [-0.15, -0.1) is 0 Å². The third-order valence-electron chi connectivity index (χ3n) is 3.00. The van der Waals surface area contributed by atoms with Crippen LogP contribution in [0.15, 0.2) is 30.0 Å². The van der Waals surface area contributed by atoms with E-state index in [9.17, 15) is 0 Å². The van der Waals surface area contributed by atoms with Crippen molar-refractivity contribution in [1.29, 1.82) is 0 Å². The summed E-state index contributed by atoms with van der Waals surface area (Å²) in [5, 5.41) is 0.656. The lowest BCUT2D eigenvalue weighted by molar-refractivity contribution is 0.219. The van der Waals surface area contributed by atoms with Gasteiger partial charge in [-0.05, 0) is 36.6 Å². The number of hydrogen-bond acceptors (Lipinski definition) is 4. The van der Waals surface area contributed by atoms with Crippen LogP contribution in [0.4, 0.5) is 0 Å². The molecule has 1 unspecified atom stereocenters. The van der Waals surface area contributed by atoms with Crippen LogP contribution in [0.25, 0.3) is 0 Å². The zero-order chi connectivity index (χ0) is 13.0. The summed E-state index contributed by atoms with van der Waals surface area (Å²) in [6, 6.07) is 5.36. The van der Waals surface area contributed by atoms with Gasteiger partial charge in [0, 0.05) is 10.6 Å². The fourth-order valence-corrected chi connectivity index (χ4v) is 2.30. The number of halogens is 1. The van der Waals surface area contributed by atoms with E-state index in [1.165, 1.54) is 0 Å². The van der Waals surface area contributed by atoms with E-state index >= 15 is 0 Å². The van der Waals surface area contributed by atoms with E-state index in [0.717, 1.165) is 36.3 Å². The number of hydrogen-bond donors (Lipinski definition) is 2. The molecular weight excluding hydrogens is 252 g/mol. The van der Waals surface area contributed by atoms with Crippen molar-refractivity contribution in [3.05, 3.63) is 40.6 Å². The smallest absolute Gasteiger partial charge is 0.124 e. The second-order valence-electron chi connectivity index (χ2n) is 4.15. The normalized spacial score (nSPS) is 16.7. The molecule has 1 heterocycles. The Hall–Kier alpha value is -1.23. The monoisotopic (exact) mass is 268 g/mol. The van der Waals surface area contributed by atoms with Gasteiger partial charge in [-0.1, -0.05) is 11.6 Å². The molecule has 0 aliphatic carbocycles. The van der Waals surface area contributed by atoms with Crippen LogP contribution in [-0.2, 0) is 4.74 Å². The molecular formula is C13H17ClN2O2. The number of nitrogens with two attached hydrogens (primary N) is 1. The maximum absolute atomic E-state index is 6.04. The zero-order valence-electron chi connectivity index (χ0n) is 10.3. The van der Waals surface area contributed by atoms with Gasteiger partial charge in [0.15, 0.2) is 0 Å². The molecule has 1 aliphatic heterocycles. The van der Waals surface area contributed by atoms with Crippen molar-refractivity contribution in [3.63, 3.8) is 0 Å². The Kier molecular flexibility index (Phi) is 4.47. The lowest BCUT2D eigenvalue weighted by atomic mass is 9.95. The maximum Gasteiger partial charge on any atom is 0.124 e. The molecule has 1 aromatic carbocycles. The van der Waals surface area contributed by atoms with Gasteiger partial charge in [0.25, 0.3) is 0 Å². The second kappa shape index (κ2) is 6.09. The topological polar surface area (TPSA) is 56.5 Å². The number of nitrogens with one attached hydrogen (secondary N) is 1. The van der Waals surface area contributed by atoms with Gasteiger partial charge in [0.2, 0.25) is 0 Å². The lowest BCUT2D eigenvalue weighted by Crippen LogP contribution is -2.30. The van der Waals surface area contributed by atoms with E-state index in [1.54, 1.807) is 19.4 Å². The van der Waals surface area contributed by atoms with Crippen molar-refractivity contribution >= 4 is 11.6 Å². The highest BCUT2D eigenvalue weighted by Crippen LogP contribution is 2.34. The Bertz CT molecular complexity index is 449. The second-order valence-corrected chi connectivity index (χ2v) is 4.59. The highest BCUT2D eigenvalue weighted by Gasteiger charge is 2.21. The van der Waals surface area contributed by atoms with E-state index in [4.69, 9.17) is 26.9 Å². The number of hydrazine groups is 1. The summed E-state index contributed by atoms with van der Waals surface area (Å²) >= 11 is 6.04. The summed E-state index contributed by atoms with van der Waals surface area (Å²) in [6.07, 6.45) is 3.71. The van der Waals surface area contributed by atoms with Crippen LogP contribution >= 0.6 is 11.6 Å². The minimum absolute atomic E-state index is 0.140. The predicted octanol–water partition coefficient (Wildman–Crippen LogP) is 2.55. The molecule has 0 saturated carbocycles. The molecule has 0 fully saturated rings. The van der Waals surface area contributed by atoms with Crippen LogP contribution in [0.1, 0.15) is 24.4 Å². The van der Waals surface area contributed by atoms with Crippen LogP contribution in [-0.4, -0.2) is 13.7 Å². The first-order valence-corrected chi connectivity index (χ1v) is 6.24. The van der Waals surface area contributed by atoms with Gasteiger partial charge in [-0.3, -0.25) is 5.84 Å². The Labute approximate surface area is 112 Å². The summed E-state index contributed by atoms with van der Waals surface area (Å²) in [7, 11) is 1.63. The van der Waals surface area contributed by atoms with Crippen molar-refractivity contribution in [2.75, 3.05) is 13.7 Å². The molecule has 0 bridgehead atoms. The molecule has 0 radical (unpaired) electrons. The third kappa shape index (κ3) is 2.77. The Morgan fingerprint density at radius 1 is 1.50 bits per heavy atom. The fourth-order valence-electron chi connectivity index (χ4n) is 2.12. The quantitative estimate of drug-likeness (QED) is 0.651. The average molecular weight is 269 g/mol. The van der Waals surface area contributed by atoms with Crippen LogP contribution in [0.2, 0.25) is 5.02 Å². The first kappa shape index (κ1) is 13.2. The van der Waals surface area contributed by atoms with Crippen molar-refractivity contribution in [2.45, 2.75) is 18.9 Å². The number of methoxy groups -OCH3 is 1. The highest BCUT2D eigenvalue weighted by atomic mass is 35.5. The van der Waals surface area contributed by atoms with Crippen molar-refractivity contribution in [1.82, 2.24) is 5.43 Å². The molecule has 0 spiro atoms. The molecule has 1 aromatic rings. The van der Waals surface area contributed by atoms with Gasteiger partial charge >= 0.3 is 0 Å². The molecule has 5 heteroatoms. The minimum atomic E-state index is -0.140. The summed E-state index contributed by atoms with van der Waals surface area (Å²) in [4.78, 5) is 0. The molecule has 4 nitrogen and oxygen atoms in total. The van der Waals surface area contributed by atoms with Gasteiger partial charge in [0.1, 0.15) is 5.75 Å². The predicted molar refractivity (Wildman–Crippen MR) is 71.3 cm³/mol. The molecule has 2 rings (SSSR count). The van der Waals surface area contributed by atoms with Crippen LogP contribution in [0.5, 0.6) is 5.75 Å². The average Bonchev–Trinajstić information content (AvgIpc) is 2.41. The largest absolute Gasteiger partial charge is 0.501 e. The molecule has 0 saturated heterocycles. The van der Waals surface area contributed by atoms with E-state index in [0.29, 0.717) is 5.02 Å². The fraction of sp³-hybridized carbons (Fsp3) is 0.385. The van der Waals surface area contributed by atoms with E-state index < -0.39 is 0 Å². The van der Waals surface area contributed by atoms with Crippen molar-refractivity contribution in [2.24, 2.45) is 5.84 Å². The molecule has 0 aromatic heterocycles. The summed E-state index contributed by atoms with van der Waals surface area (Å²) in [6.45, 7) is 0.757. The third-order valence-corrected chi connectivity index (χ3v) is 3.24. The summed E-state index contributed by atoms with van der Waals surface area (Å²) in [5.74, 6) is 6.42. The van der Waals surface area contributed by atoms with Crippen LogP contribution < -0.4 is 16.0 Å². The number of rotatable bonds is 4. The van der Waals surface area contributed by atoms with Crippen LogP contribution in [0, 0.1) is 0 Å². The molecule has 18 heavy (non-hydrogen) atoms.